The average Bonchev–Trinajstić information content (AvgIpc) is 2.35. The third-order valence-electron chi connectivity index (χ3n) is 2.59. The van der Waals surface area contributed by atoms with Crippen molar-refractivity contribution >= 4 is 29.1 Å². The Morgan fingerprint density at radius 1 is 1.37 bits per heavy atom. The summed E-state index contributed by atoms with van der Waals surface area (Å²) in [4.78, 5) is 23.3. The highest BCUT2D eigenvalue weighted by atomic mass is 35.5. The maximum absolute atomic E-state index is 11.7. The summed E-state index contributed by atoms with van der Waals surface area (Å²) >= 11 is 6.02. The van der Waals surface area contributed by atoms with Gasteiger partial charge in [0, 0.05) is 12.6 Å². The number of aryl methyl sites for hydroxylation is 1. The van der Waals surface area contributed by atoms with Crippen molar-refractivity contribution in [2.75, 3.05) is 11.9 Å². The molecule has 0 heterocycles. The average molecular weight is 285 g/mol. The molecule has 1 rings (SSSR count). The van der Waals surface area contributed by atoms with E-state index in [1.165, 1.54) is 0 Å². The fraction of sp³-hybridized carbons (Fsp3) is 0.385. The SMILES string of the molecule is Cc1cccc(NC(=O)C(=O)N[C@H](C)CCO)c1Cl. The van der Waals surface area contributed by atoms with Gasteiger partial charge in [-0.3, -0.25) is 9.59 Å². The molecule has 0 radical (unpaired) electrons. The van der Waals surface area contributed by atoms with E-state index >= 15 is 0 Å². The Morgan fingerprint density at radius 2 is 2.05 bits per heavy atom. The van der Waals surface area contributed by atoms with Gasteiger partial charge in [0.2, 0.25) is 0 Å². The number of hydrogen-bond donors (Lipinski definition) is 3. The standard InChI is InChI=1S/C13H17ClN2O3/c1-8-4-3-5-10(11(8)14)16-13(19)12(18)15-9(2)6-7-17/h3-5,9,17H,6-7H2,1-2H3,(H,15,18)(H,16,19)/t9-/m1/s1. The zero-order valence-corrected chi connectivity index (χ0v) is 11.6. The maximum atomic E-state index is 11.7. The first-order valence-corrected chi connectivity index (χ1v) is 6.31. The smallest absolute Gasteiger partial charge is 0.313 e. The summed E-state index contributed by atoms with van der Waals surface area (Å²) in [5.41, 5.74) is 1.21. The molecule has 0 aliphatic rings. The van der Waals surface area contributed by atoms with Gasteiger partial charge >= 0.3 is 11.8 Å². The van der Waals surface area contributed by atoms with Crippen LogP contribution in [0.15, 0.2) is 18.2 Å². The van der Waals surface area contributed by atoms with Crippen LogP contribution in [0.25, 0.3) is 0 Å². The predicted molar refractivity (Wildman–Crippen MR) is 74.1 cm³/mol. The molecule has 0 aromatic heterocycles. The van der Waals surface area contributed by atoms with Crippen molar-refractivity contribution in [3.05, 3.63) is 28.8 Å². The summed E-state index contributed by atoms with van der Waals surface area (Å²) in [7, 11) is 0. The number of anilines is 1. The van der Waals surface area contributed by atoms with E-state index in [1.807, 2.05) is 0 Å². The molecular formula is C13H17ClN2O3. The number of halogens is 1. The number of carbonyl (C=O) groups excluding carboxylic acids is 2. The summed E-state index contributed by atoms with van der Waals surface area (Å²) in [5.74, 6) is -1.53. The monoisotopic (exact) mass is 284 g/mol. The lowest BCUT2D eigenvalue weighted by Gasteiger charge is -2.13. The Morgan fingerprint density at radius 3 is 2.68 bits per heavy atom. The number of aliphatic hydroxyl groups excluding tert-OH is 1. The zero-order valence-electron chi connectivity index (χ0n) is 10.9. The number of rotatable bonds is 4. The van der Waals surface area contributed by atoms with E-state index in [2.05, 4.69) is 10.6 Å². The molecule has 1 aromatic rings. The van der Waals surface area contributed by atoms with Crippen molar-refractivity contribution in [1.82, 2.24) is 5.32 Å². The molecule has 3 N–H and O–H groups in total. The van der Waals surface area contributed by atoms with E-state index in [0.29, 0.717) is 17.1 Å². The van der Waals surface area contributed by atoms with Crippen LogP contribution < -0.4 is 10.6 Å². The van der Waals surface area contributed by atoms with E-state index in [1.54, 1.807) is 32.0 Å². The van der Waals surface area contributed by atoms with Crippen LogP contribution in [0.5, 0.6) is 0 Å². The Balaban J connectivity index is 2.64. The van der Waals surface area contributed by atoms with Crippen LogP contribution in [0.3, 0.4) is 0 Å². The Hall–Kier alpha value is -1.59. The normalized spacial score (nSPS) is 11.8. The molecule has 6 heteroatoms. The van der Waals surface area contributed by atoms with Crippen LogP contribution in [0, 0.1) is 6.92 Å². The van der Waals surface area contributed by atoms with Crippen molar-refractivity contribution in [1.29, 1.82) is 0 Å². The molecule has 0 saturated carbocycles. The first kappa shape index (κ1) is 15.5. The fourth-order valence-corrected chi connectivity index (χ4v) is 1.65. The van der Waals surface area contributed by atoms with Gasteiger partial charge in [-0.2, -0.15) is 0 Å². The molecule has 1 atom stereocenters. The first-order chi connectivity index (χ1) is 8.95. The minimum Gasteiger partial charge on any atom is -0.396 e. The molecule has 104 valence electrons. The predicted octanol–water partition coefficient (Wildman–Crippen LogP) is 1.47. The molecule has 0 fully saturated rings. The zero-order chi connectivity index (χ0) is 14.4. The summed E-state index contributed by atoms with van der Waals surface area (Å²) in [5, 5.41) is 14.1. The molecule has 0 spiro atoms. The molecule has 0 unspecified atom stereocenters. The van der Waals surface area contributed by atoms with Crippen LogP contribution in [0.1, 0.15) is 18.9 Å². The van der Waals surface area contributed by atoms with Crippen LogP contribution in [-0.2, 0) is 9.59 Å². The van der Waals surface area contributed by atoms with Crippen LogP contribution in [0.4, 0.5) is 5.69 Å². The summed E-state index contributed by atoms with van der Waals surface area (Å²) in [6.45, 7) is 3.47. The Bertz CT molecular complexity index is 477. The van der Waals surface area contributed by atoms with E-state index in [-0.39, 0.29) is 12.6 Å². The lowest BCUT2D eigenvalue weighted by atomic mass is 10.2. The molecule has 0 saturated heterocycles. The number of nitrogens with one attached hydrogen (secondary N) is 2. The Kier molecular flexibility index (Phi) is 5.79. The van der Waals surface area contributed by atoms with Crippen molar-refractivity contribution in [2.45, 2.75) is 26.3 Å². The van der Waals surface area contributed by atoms with E-state index in [4.69, 9.17) is 16.7 Å². The highest BCUT2D eigenvalue weighted by molar-refractivity contribution is 6.41. The fourth-order valence-electron chi connectivity index (χ4n) is 1.48. The van der Waals surface area contributed by atoms with Gasteiger partial charge in [-0.05, 0) is 31.9 Å². The van der Waals surface area contributed by atoms with Crippen molar-refractivity contribution < 1.29 is 14.7 Å². The maximum Gasteiger partial charge on any atom is 0.313 e. The quantitative estimate of drug-likeness (QED) is 0.733. The van der Waals surface area contributed by atoms with E-state index in [9.17, 15) is 9.59 Å². The third kappa shape index (κ3) is 4.54. The van der Waals surface area contributed by atoms with Gasteiger partial charge in [0.15, 0.2) is 0 Å². The highest BCUT2D eigenvalue weighted by Gasteiger charge is 2.17. The second kappa shape index (κ2) is 7.11. The molecule has 0 aliphatic carbocycles. The number of benzene rings is 1. The third-order valence-corrected chi connectivity index (χ3v) is 3.09. The topological polar surface area (TPSA) is 78.4 Å². The molecule has 19 heavy (non-hydrogen) atoms. The van der Waals surface area contributed by atoms with Gasteiger partial charge in [0.1, 0.15) is 0 Å². The summed E-state index contributed by atoms with van der Waals surface area (Å²) < 4.78 is 0. The molecule has 0 aliphatic heterocycles. The second-order valence-corrected chi connectivity index (χ2v) is 4.66. The number of hydrogen-bond acceptors (Lipinski definition) is 3. The molecule has 5 nitrogen and oxygen atoms in total. The first-order valence-electron chi connectivity index (χ1n) is 5.93. The van der Waals surface area contributed by atoms with Gasteiger partial charge in [-0.15, -0.1) is 0 Å². The largest absolute Gasteiger partial charge is 0.396 e. The number of carbonyl (C=O) groups is 2. The van der Waals surface area contributed by atoms with Crippen LogP contribution in [0.2, 0.25) is 5.02 Å². The van der Waals surface area contributed by atoms with Gasteiger partial charge in [-0.1, -0.05) is 23.7 Å². The summed E-state index contributed by atoms with van der Waals surface area (Å²) in [6.07, 6.45) is 0.393. The lowest BCUT2D eigenvalue weighted by molar-refractivity contribution is -0.136. The van der Waals surface area contributed by atoms with Crippen LogP contribution in [-0.4, -0.2) is 29.6 Å². The van der Waals surface area contributed by atoms with E-state index in [0.717, 1.165) is 5.56 Å². The highest BCUT2D eigenvalue weighted by Crippen LogP contribution is 2.24. The van der Waals surface area contributed by atoms with Crippen molar-refractivity contribution in [2.24, 2.45) is 0 Å². The molecule has 0 bridgehead atoms. The molecule has 1 aromatic carbocycles. The van der Waals surface area contributed by atoms with Gasteiger partial charge in [0.25, 0.3) is 0 Å². The Labute approximate surface area is 117 Å². The van der Waals surface area contributed by atoms with Gasteiger partial charge < -0.3 is 15.7 Å². The summed E-state index contributed by atoms with van der Waals surface area (Å²) in [6, 6.07) is 4.90. The van der Waals surface area contributed by atoms with Crippen molar-refractivity contribution in [3.63, 3.8) is 0 Å². The minimum atomic E-state index is -0.780. The van der Waals surface area contributed by atoms with Gasteiger partial charge in [-0.25, -0.2) is 0 Å². The van der Waals surface area contributed by atoms with Gasteiger partial charge in [0.05, 0.1) is 10.7 Å². The van der Waals surface area contributed by atoms with E-state index < -0.39 is 11.8 Å². The van der Waals surface area contributed by atoms with Crippen molar-refractivity contribution in [3.8, 4) is 0 Å². The second-order valence-electron chi connectivity index (χ2n) is 4.28. The number of amides is 2. The lowest BCUT2D eigenvalue weighted by Crippen LogP contribution is -2.40. The minimum absolute atomic E-state index is 0.0488. The number of aliphatic hydroxyl groups is 1. The molecular weight excluding hydrogens is 268 g/mol. The van der Waals surface area contributed by atoms with Crippen LogP contribution >= 0.6 is 11.6 Å². The molecule has 2 amide bonds.